The second-order valence-corrected chi connectivity index (χ2v) is 6.37. The molecule has 2 aromatic rings. The minimum absolute atomic E-state index is 0.0420. The van der Waals surface area contributed by atoms with Crippen LogP contribution in [0, 0.1) is 0 Å². The van der Waals surface area contributed by atoms with Gasteiger partial charge < -0.3 is 29.3 Å². The summed E-state index contributed by atoms with van der Waals surface area (Å²) < 4.78 is 19.2. The number of ether oxygens (including phenoxy) is 3. The molecule has 8 nitrogen and oxygen atoms in total. The number of fused-ring (bicyclic) bond motifs is 2. The Morgan fingerprint density at radius 1 is 1.35 bits per heavy atom. The molecular weight excluding hydrogens is 324 g/mol. The first kappa shape index (κ1) is 14.8. The minimum atomic E-state index is -0.784. The van der Waals surface area contributed by atoms with Crippen LogP contribution in [0.2, 0.25) is 5.28 Å². The third kappa shape index (κ3) is 2.21. The van der Waals surface area contributed by atoms with Gasteiger partial charge in [-0.25, -0.2) is 4.98 Å². The van der Waals surface area contributed by atoms with Gasteiger partial charge >= 0.3 is 0 Å². The summed E-state index contributed by atoms with van der Waals surface area (Å²) in [6, 6.07) is 1.77. The highest BCUT2D eigenvalue weighted by atomic mass is 35.5. The molecule has 0 spiro atoms. The van der Waals surface area contributed by atoms with E-state index in [1.165, 1.54) is 0 Å². The van der Waals surface area contributed by atoms with Crippen LogP contribution in [0.25, 0.3) is 11.0 Å². The van der Waals surface area contributed by atoms with Gasteiger partial charge in [0.25, 0.3) is 0 Å². The topological polar surface area (TPSA) is 101 Å². The second-order valence-electron chi connectivity index (χ2n) is 6.03. The molecule has 2 N–H and O–H groups in total. The lowest BCUT2D eigenvalue weighted by molar-refractivity contribution is -0.194. The van der Waals surface area contributed by atoms with Gasteiger partial charge in [0, 0.05) is 6.20 Å². The number of hydrogen-bond donors (Lipinski definition) is 1. The van der Waals surface area contributed by atoms with Crippen molar-refractivity contribution in [1.29, 1.82) is 0 Å². The molecule has 9 heteroatoms. The van der Waals surface area contributed by atoms with Gasteiger partial charge in [-0.2, -0.15) is 4.98 Å². The fraction of sp³-hybridized carbons (Fsp3) is 0.500. The molecule has 4 atom stereocenters. The third-order valence-electron chi connectivity index (χ3n) is 4.05. The zero-order valence-corrected chi connectivity index (χ0v) is 13.2. The molecule has 0 radical (unpaired) electrons. The summed E-state index contributed by atoms with van der Waals surface area (Å²) >= 11 is 5.90. The van der Waals surface area contributed by atoms with Gasteiger partial charge in [0.1, 0.15) is 29.8 Å². The average molecular weight is 339 g/mol. The summed E-state index contributed by atoms with van der Waals surface area (Å²) in [5.41, 5.74) is 6.39. The Morgan fingerprint density at radius 3 is 2.83 bits per heavy atom. The summed E-state index contributed by atoms with van der Waals surface area (Å²) in [4.78, 5) is 19.5. The average Bonchev–Trinajstić information content (AvgIpc) is 3.09. The Morgan fingerprint density at radius 2 is 2.09 bits per heavy atom. The molecule has 0 aliphatic carbocycles. The molecule has 0 aromatic carbocycles. The van der Waals surface area contributed by atoms with Gasteiger partial charge in [-0.15, -0.1) is 0 Å². The summed E-state index contributed by atoms with van der Waals surface area (Å²) in [5, 5.41) is 0.697. The number of nitrogens with zero attached hydrogens (tertiary/aromatic N) is 3. The molecule has 23 heavy (non-hydrogen) atoms. The van der Waals surface area contributed by atoms with Crippen molar-refractivity contribution in [3.05, 3.63) is 17.5 Å². The second kappa shape index (κ2) is 4.88. The highest BCUT2D eigenvalue weighted by molar-refractivity contribution is 6.28. The molecule has 4 rings (SSSR count). The lowest BCUT2D eigenvalue weighted by Crippen LogP contribution is -2.30. The first-order valence-electron chi connectivity index (χ1n) is 7.15. The Balaban J connectivity index is 1.80. The zero-order chi connectivity index (χ0) is 16.4. The molecule has 2 saturated heterocycles. The number of aromatic nitrogens is 3. The van der Waals surface area contributed by atoms with Crippen LogP contribution >= 0.6 is 11.6 Å². The molecular formula is C14H15ClN4O4. The summed E-state index contributed by atoms with van der Waals surface area (Å²) in [6.45, 7) is 3.60. The summed E-state index contributed by atoms with van der Waals surface area (Å²) in [5.74, 6) is -0.503. The van der Waals surface area contributed by atoms with Crippen molar-refractivity contribution in [3.8, 4) is 0 Å². The van der Waals surface area contributed by atoms with Crippen molar-refractivity contribution < 1.29 is 19.0 Å². The van der Waals surface area contributed by atoms with Gasteiger partial charge in [-0.05, 0) is 31.5 Å². The molecule has 0 saturated carbocycles. The van der Waals surface area contributed by atoms with E-state index in [-0.39, 0.29) is 11.1 Å². The molecule has 0 unspecified atom stereocenters. The van der Waals surface area contributed by atoms with Crippen LogP contribution in [0.3, 0.4) is 0 Å². The first-order valence-corrected chi connectivity index (χ1v) is 7.53. The highest BCUT2D eigenvalue weighted by Crippen LogP contribution is 2.43. The van der Waals surface area contributed by atoms with Gasteiger partial charge in [-0.3, -0.25) is 0 Å². The van der Waals surface area contributed by atoms with Gasteiger partial charge in [-0.1, -0.05) is 0 Å². The number of anilines is 1. The highest BCUT2D eigenvalue weighted by Gasteiger charge is 2.56. The van der Waals surface area contributed by atoms with Crippen molar-refractivity contribution in [2.24, 2.45) is 0 Å². The lowest BCUT2D eigenvalue weighted by Gasteiger charge is -2.23. The van der Waals surface area contributed by atoms with E-state index < -0.39 is 30.3 Å². The Hall–Kier alpha value is -1.74. The molecule has 0 amide bonds. The van der Waals surface area contributed by atoms with Crippen molar-refractivity contribution in [3.63, 3.8) is 0 Å². The fourth-order valence-electron chi connectivity index (χ4n) is 3.18. The molecule has 2 fully saturated rings. The smallest absolute Gasteiger partial charge is 0.226 e. The Kier molecular flexibility index (Phi) is 3.14. The quantitative estimate of drug-likeness (QED) is 0.650. The molecule has 2 aromatic heterocycles. The van der Waals surface area contributed by atoms with Crippen LogP contribution in [-0.2, 0) is 19.0 Å². The number of nitrogens with two attached hydrogens (primary N) is 1. The number of hydrogen-bond acceptors (Lipinski definition) is 7. The number of carbonyl (C=O) groups is 1. The number of aldehydes is 1. The molecule has 2 aliphatic rings. The third-order valence-corrected chi connectivity index (χ3v) is 4.22. The maximum Gasteiger partial charge on any atom is 0.226 e. The SMILES string of the molecule is CC1(C)O[C@@H]2[C@H](O1)[C@@H](C=O)O[C@H]2n1ccc2c(N)nc(Cl)nc21. The monoisotopic (exact) mass is 338 g/mol. The first-order chi connectivity index (χ1) is 10.9. The van der Waals surface area contributed by atoms with E-state index in [0.717, 1.165) is 6.29 Å². The number of halogens is 1. The van der Waals surface area contributed by atoms with Crippen LogP contribution in [0.1, 0.15) is 20.1 Å². The maximum absolute atomic E-state index is 11.3. The van der Waals surface area contributed by atoms with Crippen molar-refractivity contribution in [2.45, 2.75) is 44.2 Å². The van der Waals surface area contributed by atoms with Gasteiger partial charge in [0.05, 0.1) is 5.39 Å². The standard InChI is InChI=1S/C14H15ClN4O4/c1-14(2)22-8-7(5-20)21-12(9(8)23-14)19-4-3-6-10(16)17-13(15)18-11(6)19/h3-5,7-9,12H,1-2H3,(H2,16,17,18)/t7-,8-,9-,12-/m1/s1. The van der Waals surface area contributed by atoms with E-state index in [1.807, 2.05) is 0 Å². The van der Waals surface area contributed by atoms with E-state index in [2.05, 4.69) is 9.97 Å². The lowest BCUT2D eigenvalue weighted by atomic mass is 10.1. The summed E-state index contributed by atoms with van der Waals surface area (Å²) in [6.07, 6.45) is 0.296. The van der Waals surface area contributed by atoms with E-state index in [0.29, 0.717) is 11.0 Å². The number of carbonyl (C=O) groups excluding carboxylic acids is 1. The van der Waals surface area contributed by atoms with Crippen molar-refractivity contribution in [1.82, 2.24) is 14.5 Å². The van der Waals surface area contributed by atoms with Gasteiger partial charge in [0.15, 0.2) is 18.3 Å². The fourth-order valence-corrected chi connectivity index (χ4v) is 3.35. The Labute approximate surface area is 136 Å². The van der Waals surface area contributed by atoms with Gasteiger partial charge in [0.2, 0.25) is 5.28 Å². The van der Waals surface area contributed by atoms with Crippen LogP contribution < -0.4 is 5.73 Å². The Bertz CT molecular complexity index is 792. The minimum Gasteiger partial charge on any atom is -0.383 e. The van der Waals surface area contributed by atoms with Crippen molar-refractivity contribution >= 4 is 34.7 Å². The molecule has 0 bridgehead atoms. The van der Waals surface area contributed by atoms with E-state index in [1.54, 1.807) is 30.7 Å². The molecule has 2 aliphatic heterocycles. The zero-order valence-electron chi connectivity index (χ0n) is 12.5. The number of nitrogen functional groups attached to an aromatic ring is 1. The normalized spacial score (nSPS) is 32.3. The van der Waals surface area contributed by atoms with Crippen LogP contribution in [0.5, 0.6) is 0 Å². The predicted octanol–water partition coefficient (Wildman–Crippen LogP) is 1.28. The largest absolute Gasteiger partial charge is 0.383 e. The van der Waals surface area contributed by atoms with E-state index in [9.17, 15) is 4.79 Å². The van der Waals surface area contributed by atoms with Crippen LogP contribution in [0.15, 0.2) is 12.3 Å². The number of rotatable bonds is 2. The predicted molar refractivity (Wildman–Crippen MR) is 80.7 cm³/mol. The maximum atomic E-state index is 11.3. The molecule has 122 valence electrons. The van der Waals surface area contributed by atoms with Crippen LogP contribution in [-0.4, -0.2) is 44.9 Å². The van der Waals surface area contributed by atoms with E-state index in [4.69, 9.17) is 31.5 Å². The molecule has 4 heterocycles. The van der Waals surface area contributed by atoms with E-state index >= 15 is 0 Å². The van der Waals surface area contributed by atoms with Crippen LogP contribution in [0.4, 0.5) is 5.82 Å². The van der Waals surface area contributed by atoms with Crippen molar-refractivity contribution in [2.75, 3.05) is 5.73 Å². The summed E-state index contributed by atoms with van der Waals surface area (Å²) in [7, 11) is 0.